The van der Waals surface area contributed by atoms with Crippen LogP contribution in [0.3, 0.4) is 0 Å². The van der Waals surface area contributed by atoms with Crippen molar-refractivity contribution in [3.8, 4) is 0 Å². The molecule has 1 fully saturated rings. The molecule has 1 atom stereocenters. The average Bonchev–Trinajstić information content (AvgIpc) is 2.77. The minimum Gasteiger partial charge on any atom is -0.480 e. The van der Waals surface area contributed by atoms with E-state index in [9.17, 15) is 18.0 Å². The predicted molar refractivity (Wildman–Crippen MR) is 64.5 cm³/mol. The second-order valence-electron chi connectivity index (χ2n) is 4.24. The number of carboxylic acids is 1. The maximum atomic E-state index is 11.9. The third-order valence-electron chi connectivity index (χ3n) is 3.06. The maximum Gasteiger partial charge on any atom is 0.326 e. The van der Waals surface area contributed by atoms with Gasteiger partial charge in [0.15, 0.2) is 0 Å². The molecule has 1 saturated heterocycles. The fourth-order valence-electron chi connectivity index (χ4n) is 1.92. The molecule has 0 aromatic carbocycles. The van der Waals surface area contributed by atoms with Crippen LogP contribution < -0.4 is 0 Å². The number of amides is 1. The number of carboxylic acid groups (broad SMARTS) is 1. The van der Waals surface area contributed by atoms with Gasteiger partial charge in [0.25, 0.3) is 0 Å². The van der Waals surface area contributed by atoms with Gasteiger partial charge in [0.05, 0.1) is 12.3 Å². The Morgan fingerprint density at radius 1 is 1.44 bits per heavy atom. The maximum absolute atomic E-state index is 11.9. The summed E-state index contributed by atoms with van der Waals surface area (Å²) in [5.74, 6) is -1.58. The number of nitrogens with zero attached hydrogens (tertiary/aromatic N) is 2. The SMILES string of the molecule is CCS(=O)(=O)N(C)CC(=O)N1CCCC1C(=O)O. The van der Waals surface area contributed by atoms with E-state index in [-0.39, 0.29) is 12.3 Å². The van der Waals surface area contributed by atoms with Gasteiger partial charge in [-0.3, -0.25) is 4.79 Å². The first-order chi connectivity index (χ1) is 8.29. The number of likely N-dealkylation sites (N-methyl/N-ethyl adjacent to an activating group) is 1. The Hall–Kier alpha value is -1.15. The number of aliphatic carboxylic acids is 1. The van der Waals surface area contributed by atoms with Crippen molar-refractivity contribution in [2.75, 3.05) is 25.9 Å². The van der Waals surface area contributed by atoms with Crippen LogP contribution in [-0.2, 0) is 19.6 Å². The van der Waals surface area contributed by atoms with Crippen LogP contribution in [-0.4, -0.2) is 66.5 Å². The number of hydrogen-bond acceptors (Lipinski definition) is 4. The van der Waals surface area contributed by atoms with Crippen molar-refractivity contribution in [1.29, 1.82) is 0 Å². The first-order valence-corrected chi connectivity index (χ1v) is 7.36. The Labute approximate surface area is 106 Å². The van der Waals surface area contributed by atoms with E-state index in [1.54, 1.807) is 0 Å². The van der Waals surface area contributed by atoms with Crippen LogP contribution in [0.25, 0.3) is 0 Å². The lowest BCUT2D eigenvalue weighted by molar-refractivity contribution is -0.148. The highest BCUT2D eigenvalue weighted by atomic mass is 32.2. The summed E-state index contributed by atoms with van der Waals surface area (Å²) in [5.41, 5.74) is 0. The number of likely N-dealkylation sites (tertiary alicyclic amines) is 1. The van der Waals surface area contributed by atoms with Crippen molar-refractivity contribution in [3.63, 3.8) is 0 Å². The van der Waals surface area contributed by atoms with Gasteiger partial charge < -0.3 is 10.0 Å². The Morgan fingerprint density at radius 2 is 2.06 bits per heavy atom. The molecule has 1 unspecified atom stereocenters. The zero-order valence-corrected chi connectivity index (χ0v) is 11.3. The molecular weight excluding hydrogens is 260 g/mol. The molecule has 1 heterocycles. The standard InChI is InChI=1S/C10H18N2O5S/c1-3-18(16,17)11(2)7-9(13)12-6-4-5-8(12)10(14)15/h8H,3-7H2,1-2H3,(H,14,15). The van der Waals surface area contributed by atoms with Crippen LogP contribution in [0.4, 0.5) is 0 Å². The molecule has 1 amide bonds. The second-order valence-corrected chi connectivity index (χ2v) is 6.60. The van der Waals surface area contributed by atoms with Gasteiger partial charge in [-0.15, -0.1) is 0 Å². The molecule has 8 heteroatoms. The monoisotopic (exact) mass is 278 g/mol. The van der Waals surface area contributed by atoms with Gasteiger partial charge in [-0.25, -0.2) is 13.2 Å². The number of carbonyl (C=O) groups is 2. The van der Waals surface area contributed by atoms with Crippen molar-refractivity contribution in [3.05, 3.63) is 0 Å². The lowest BCUT2D eigenvalue weighted by Gasteiger charge is -2.24. The number of hydrogen-bond donors (Lipinski definition) is 1. The Morgan fingerprint density at radius 3 is 2.56 bits per heavy atom. The van der Waals surface area contributed by atoms with Crippen LogP contribution >= 0.6 is 0 Å². The van der Waals surface area contributed by atoms with Crippen molar-refractivity contribution < 1.29 is 23.1 Å². The van der Waals surface area contributed by atoms with Crippen LogP contribution in [0.1, 0.15) is 19.8 Å². The summed E-state index contributed by atoms with van der Waals surface area (Å²) < 4.78 is 24.0. The number of rotatable bonds is 5. The second kappa shape index (κ2) is 5.66. The quantitative estimate of drug-likeness (QED) is 0.720. The van der Waals surface area contributed by atoms with E-state index in [0.29, 0.717) is 19.4 Å². The molecule has 1 rings (SSSR count). The summed E-state index contributed by atoms with van der Waals surface area (Å²) in [6.45, 7) is 1.56. The summed E-state index contributed by atoms with van der Waals surface area (Å²) in [7, 11) is -2.10. The van der Waals surface area contributed by atoms with Gasteiger partial charge in [0.2, 0.25) is 15.9 Å². The molecule has 0 spiro atoms. The zero-order valence-electron chi connectivity index (χ0n) is 10.5. The number of carbonyl (C=O) groups excluding carboxylic acids is 1. The predicted octanol–water partition coefficient (Wildman–Crippen LogP) is -0.656. The fraction of sp³-hybridized carbons (Fsp3) is 0.800. The summed E-state index contributed by atoms with van der Waals surface area (Å²) in [4.78, 5) is 24.1. The molecule has 0 aromatic rings. The molecule has 0 aromatic heterocycles. The Balaban J connectivity index is 2.69. The molecular formula is C10H18N2O5S. The van der Waals surface area contributed by atoms with E-state index in [1.807, 2.05) is 0 Å². The summed E-state index contributed by atoms with van der Waals surface area (Å²) in [5, 5.41) is 8.95. The van der Waals surface area contributed by atoms with Gasteiger partial charge in [-0.2, -0.15) is 4.31 Å². The molecule has 0 bridgehead atoms. The zero-order chi connectivity index (χ0) is 13.9. The highest BCUT2D eigenvalue weighted by Crippen LogP contribution is 2.17. The highest BCUT2D eigenvalue weighted by molar-refractivity contribution is 7.89. The average molecular weight is 278 g/mol. The van der Waals surface area contributed by atoms with Gasteiger partial charge >= 0.3 is 5.97 Å². The smallest absolute Gasteiger partial charge is 0.326 e. The van der Waals surface area contributed by atoms with Crippen molar-refractivity contribution >= 4 is 21.9 Å². The third kappa shape index (κ3) is 3.20. The highest BCUT2D eigenvalue weighted by Gasteiger charge is 2.34. The van der Waals surface area contributed by atoms with Crippen molar-refractivity contribution in [2.24, 2.45) is 0 Å². The first-order valence-electron chi connectivity index (χ1n) is 5.76. The lowest BCUT2D eigenvalue weighted by atomic mass is 10.2. The third-order valence-corrected chi connectivity index (χ3v) is 4.86. The molecule has 1 aliphatic rings. The van der Waals surface area contributed by atoms with E-state index in [1.165, 1.54) is 18.9 Å². The minimum absolute atomic E-state index is 0.0842. The number of sulfonamides is 1. The van der Waals surface area contributed by atoms with E-state index >= 15 is 0 Å². The molecule has 104 valence electrons. The lowest BCUT2D eigenvalue weighted by Crippen LogP contribution is -2.46. The minimum atomic E-state index is -3.42. The fourth-order valence-corrected chi connectivity index (χ4v) is 2.67. The molecule has 0 radical (unpaired) electrons. The van der Waals surface area contributed by atoms with E-state index in [2.05, 4.69) is 0 Å². The first kappa shape index (κ1) is 14.9. The van der Waals surface area contributed by atoms with E-state index in [0.717, 1.165) is 4.31 Å². The summed E-state index contributed by atoms with van der Waals surface area (Å²) in [6, 6.07) is -0.824. The molecule has 0 aliphatic carbocycles. The van der Waals surface area contributed by atoms with Crippen molar-refractivity contribution in [2.45, 2.75) is 25.8 Å². The van der Waals surface area contributed by atoms with Crippen molar-refractivity contribution in [1.82, 2.24) is 9.21 Å². The van der Waals surface area contributed by atoms with Gasteiger partial charge in [0, 0.05) is 13.6 Å². The Kier molecular flexibility index (Phi) is 4.69. The van der Waals surface area contributed by atoms with Crippen LogP contribution in [0.5, 0.6) is 0 Å². The van der Waals surface area contributed by atoms with Crippen LogP contribution in [0.2, 0.25) is 0 Å². The molecule has 1 N–H and O–H groups in total. The van der Waals surface area contributed by atoms with Crippen LogP contribution in [0.15, 0.2) is 0 Å². The molecule has 0 saturated carbocycles. The van der Waals surface area contributed by atoms with Crippen LogP contribution in [0, 0.1) is 0 Å². The Bertz CT molecular complexity index is 434. The summed E-state index contributed by atoms with van der Waals surface area (Å²) >= 11 is 0. The van der Waals surface area contributed by atoms with Gasteiger partial charge in [-0.1, -0.05) is 0 Å². The topological polar surface area (TPSA) is 95.0 Å². The van der Waals surface area contributed by atoms with E-state index < -0.39 is 27.9 Å². The van der Waals surface area contributed by atoms with E-state index in [4.69, 9.17) is 5.11 Å². The molecule has 7 nitrogen and oxygen atoms in total. The van der Waals surface area contributed by atoms with Gasteiger partial charge in [-0.05, 0) is 19.8 Å². The largest absolute Gasteiger partial charge is 0.480 e. The normalized spacial score (nSPS) is 20.4. The molecule has 18 heavy (non-hydrogen) atoms. The van der Waals surface area contributed by atoms with Gasteiger partial charge in [0.1, 0.15) is 6.04 Å². The molecule has 1 aliphatic heterocycles. The summed E-state index contributed by atoms with van der Waals surface area (Å²) in [6.07, 6.45) is 1.05.